The standard InChI is InChI=1S/C14H20N2O3S/c1-10-7-8-16(11(2)9-10)14(17)12-5-3-4-6-13(12)20(15,18)19/h3-6,10-11H,7-9H2,1-2H3,(H2,15,18,19). The first-order valence-electron chi connectivity index (χ1n) is 6.73. The molecule has 0 saturated carbocycles. The molecule has 1 amide bonds. The van der Waals surface area contributed by atoms with Gasteiger partial charge in [-0.2, -0.15) is 0 Å². The Bertz CT molecular complexity index is 613. The SMILES string of the molecule is CC1CCN(C(=O)c2ccccc2S(N)(=O)=O)C(C)C1. The topological polar surface area (TPSA) is 80.5 Å². The van der Waals surface area contributed by atoms with E-state index in [0.717, 1.165) is 12.8 Å². The van der Waals surface area contributed by atoms with Crippen molar-refractivity contribution in [3.63, 3.8) is 0 Å². The van der Waals surface area contributed by atoms with Crippen LogP contribution in [0.3, 0.4) is 0 Å². The first kappa shape index (κ1) is 15.0. The van der Waals surface area contributed by atoms with E-state index in [1.807, 2.05) is 6.92 Å². The molecule has 0 bridgehead atoms. The van der Waals surface area contributed by atoms with E-state index in [1.54, 1.807) is 17.0 Å². The molecule has 0 radical (unpaired) electrons. The van der Waals surface area contributed by atoms with Gasteiger partial charge in [0.15, 0.2) is 0 Å². The highest BCUT2D eigenvalue weighted by Gasteiger charge is 2.30. The van der Waals surface area contributed by atoms with Gasteiger partial charge in [-0.15, -0.1) is 0 Å². The van der Waals surface area contributed by atoms with Gasteiger partial charge in [0.25, 0.3) is 5.91 Å². The van der Waals surface area contributed by atoms with E-state index < -0.39 is 10.0 Å². The van der Waals surface area contributed by atoms with Crippen molar-refractivity contribution in [3.05, 3.63) is 29.8 Å². The average molecular weight is 296 g/mol. The Labute approximate surface area is 119 Å². The zero-order valence-electron chi connectivity index (χ0n) is 11.7. The Hall–Kier alpha value is -1.40. The van der Waals surface area contributed by atoms with Gasteiger partial charge in [0, 0.05) is 12.6 Å². The molecule has 0 aliphatic carbocycles. The van der Waals surface area contributed by atoms with Crippen LogP contribution in [0.25, 0.3) is 0 Å². The third-order valence-corrected chi connectivity index (χ3v) is 4.79. The molecule has 110 valence electrons. The van der Waals surface area contributed by atoms with E-state index in [0.29, 0.717) is 12.5 Å². The van der Waals surface area contributed by atoms with Crippen molar-refractivity contribution < 1.29 is 13.2 Å². The van der Waals surface area contributed by atoms with E-state index in [-0.39, 0.29) is 22.4 Å². The Morgan fingerprint density at radius 1 is 1.30 bits per heavy atom. The van der Waals surface area contributed by atoms with Gasteiger partial charge in [0.1, 0.15) is 0 Å². The number of sulfonamides is 1. The van der Waals surface area contributed by atoms with Gasteiger partial charge in [-0.1, -0.05) is 19.1 Å². The molecule has 2 atom stereocenters. The van der Waals surface area contributed by atoms with Gasteiger partial charge in [0.2, 0.25) is 10.0 Å². The molecule has 20 heavy (non-hydrogen) atoms. The van der Waals surface area contributed by atoms with Crippen LogP contribution in [0.5, 0.6) is 0 Å². The zero-order chi connectivity index (χ0) is 14.9. The van der Waals surface area contributed by atoms with E-state index in [2.05, 4.69) is 6.92 Å². The van der Waals surface area contributed by atoms with Crippen LogP contribution in [0.15, 0.2) is 29.2 Å². The molecular weight excluding hydrogens is 276 g/mol. The van der Waals surface area contributed by atoms with Crippen molar-refractivity contribution in [3.8, 4) is 0 Å². The molecule has 1 saturated heterocycles. The summed E-state index contributed by atoms with van der Waals surface area (Å²) in [5, 5.41) is 5.18. The lowest BCUT2D eigenvalue weighted by molar-refractivity contribution is 0.0584. The first-order chi connectivity index (χ1) is 9.30. The molecule has 0 spiro atoms. The number of rotatable bonds is 2. The molecule has 1 fully saturated rings. The quantitative estimate of drug-likeness (QED) is 0.900. The fourth-order valence-corrected chi connectivity index (χ4v) is 3.49. The van der Waals surface area contributed by atoms with Gasteiger partial charge < -0.3 is 4.90 Å². The van der Waals surface area contributed by atoms with Crippen LogP contribution in [0.1, 0.15) is 37.0 Å². The maximum Gasteiger partial charge on any atom is 0.255 e. The smallest absolute Gasteiger partial charge is 0.255 e. The van der Waals surface area contributed by atoms with E-state index >= 15 is 0 Å². The van der Waals surface area contributed by atoms with Crippen LogP contribution in [0, 0.1) is 5.92 Å². The highest BCUT2D eigenvalue weighted by molar-refractivity contribution is 7.89. The molecule has 6 heteroatoms. The van der Waals surface area contributed by atoms with Gasteiger partial charge in [-0.25, -0.2) is 13.6 Å². The minimum absolute atomic E-state index is 0.101. The molecule has 1 heterocycles. The molecule has 5 nitrogen and oxygen atoms in total. The van der Waals surface area contributed by atoms with E-state index in [1.165, 1.54) is 12.1 Å². The number of carbonyl (C=O) groups excluding carboxylic acids is 1. The second kappa shape index (κ2) is 5.54. The Kier molecular flexibility index (Phi) is 4.15. The molecule has 2 unspecified atom stereocenters. The monoisotopic (exact) mass is 296 g/mol. The molecular formula is C14H20N2O3S. The Morgan fingerprint density at radius 3 is 2.55 bits per heavy atom. The summed E-state index contributed by atoms with van der Waals surface area (Å²) in [6.07, 6.45) is 1.87. The number of primary sulfonamides is 1. The molecule has 1 aromatic carbocycles. The summed E-state index contributed by atoms with van der Waals surface area (Å²) in [6, 6.07) is 6.23. The summed E-state index contributed by atoms with van der Waals surface area (Å²) in [5.74, 6) is 0.330. The fraction of sp³-hybridized carbons (Fsp3) is 0.500. The number of amides is 1. The maximum atomic E-state index is 12.6. The number of nitrogens with two attached hydrogens (primary N) is 1. The number of hydrogen-bond donors (Lipinski definition) is 1. The fourth-order valence-electron chi connectivity index (χ4n) is 2.76. The van der Waals surface area contributed by atoms with Crippen LogP contribution >= 0.6 is 0 Å². The Balaban J connectivity index is 2.35. The highest BCUT2D eigenvalue weighted by Crippen LogP contribution is 2.25. The van der Waals surface area contributed by atoms with Gasteiger partial charge in [0.05, 0.1) is 10.5 Å². The van der Waals surface area contributed by atoms with Crippen molar-refractivity contribution in [2.45, 2.75) is 37.6 Å². The second-order valence-corrected chi connectivity index (χ2v) is 7.05. The van der Waals surface area contributed by atoms with Gasteiger partial charge >= 0.3 is 0 Å². The summed E-state index contributed by atoms with van der Waals surface area (Å²) in [5.41, 5.74) is 0.163. The summed E-state index contributed by atoms with van der Waals surface area (Å²) >= 11 is 0. The summed E-state index contributed by atoms with van der Waals surface area (Å²) in [7, 11) is -3.89. The molecule has 2 N–H and O–H groups in total. The van der Waals surface area contributed by atoms with E-state index in [9.17, 15) is 13.2 Å². The zero-order valence-corrected chi connectivity index (χ0v) is 12.6. The van der Waals surface area contributed by atoms with Crippen molar-refractivity contribution in [1.82, 2.24) is 4.90 Å². The summed E-state index contributed by atoms with van der Waals surface area (Å²) in [6.45, 7) is 4.81. The molecule has 2 rings (SSSR count). The summed E-state index contributed by atoms with van der Waals surface area (Å²) < 4.78 is 23.2. The van der Waals surface area contributed by atoms with Crippen LogP contribution < -0.4 is 5.14 Å². The molecule has 0 aromatic heterocycles. The minimum atomic E-state index is -3.89. The van der Waals surface area contributed by atoms with Crippen LogP contribution in [-0.2, 0) is 10.0 Å². The van der Waals surface area contributed by atoms with E-state index in [4.69, 9.17) is 5.14 Å². The second-order valence-electron chi connectivity index (χ2n) is 5.52. The normalized spacial score (nSPS) is 23.6. The third kappa shape index (κ3) is 3.02. The number of hydrogen-bond acceptors (Lipinski definition) is 3. The minimum Gasteiger partial charge on any atom is -0.336 e. The summed E-state index contributed by atoms with van der Waals surface area (Å²) in [4.78, 5) is 14.2. The van der Waals surface area contributed by atoms with Crippen molar-refractivity contribution in [2.24, 2.45) is 11.1 Å². The number of piperidine rings is 1. The molecule has 1 aliphatic rings. The predicted molar refractivity (Wildman–Crippen MR) is 76.7 cm³/mol. The van der Waals surface area contributed by atoms with Crippen LogP contribution in [0.4, 0.5) is 0 Å². The van der Waals surface area contributed by atoms with Crippen LogP contribution in [-0.4, -0.2) is 31.8 Å². The molecule has 1 aromatic rings. The van der Waals surface area contributed by atoms with Crippen molar-refractivity contribution in [2.75, 3.05) is 6.54 Å². The highest BCUT2D eigenvalue weighted by atomic mass is 32.2. The Morgan fingerprint density at radius 2 is 1.95 bits per heavy atom. The lowest BCUT2D eigenvalue weighted by Crippen LogP contribution is -2.44. The number of likely N-dealkylation sites (tertiary alicyclic amines) is 1. The number of carbonyl (C=O) groups is 1. The third-order valence-electron chi connectivity index (χ3n) is 3.82. The number of nitrogens with zero attached hydrogens (tertiary/aromatic N) is 1. The first-order valence-corrected chi connectivity index (χ1v) is 8.28. The van der Waals surface area contributed by atoms with Crippen LogP contribution in [0.2, 0.25) is 0 Å². The maximum absolute atomic E-state index is 12.6. The van der Waals surface area contributed by atoms with Crippen molar-refractivity contribution in [1.29, 1.82) is 0 Å². The largest absolute Gasteiger partial charge is 0.336 e. The number of benzene rings is 1. The average Bonchev–Trinajstić information content (AvgIpc) is 2.37. The molecule has 1 aliphatic heterocycles. The lowest BCUT2D eigenvalue weighted by Gasteiger charge is -2.36. The predicted octanol–water partition coefficient (Wildman–Crippen LogP) is 1.59. The van der Waals surface area contributed by atoms with Gasteiger partial charge in [-0.3, -0.25) is 4.79 Å². The van der Waals surface area contributed by atoms with Gasteiger partial charge in [-0.05, 0) is 37.8 Å². The van der Waals surface area contributed by atoms with Crippen molar-refractivity contribution >= 4 is 15.9 Å². The lowest BCUT2D eigenvalue weighted by atomic mass is 9.93.